The van der Waals surface area contributed by atoms with Gasteiger partial charge < -0.3 is 10.2 Å². The number of benzene rings is 3. The van der Waals surface area contributed by atoms with Crippen LogP contribution in [-0.4, -0.2) is 17.9 Å². The van der Waals surface area contributed by atoms with Gasteiger partial charge in [0.15, 0.2) is 0 Å². The molecule has 184 valence electrons. The molecule has 1 aliphatic carbocycles. The first-order chi connectivity index (χ1) is 17.5. The van der Waals surface area contributed by atoms with Crippen molar-refractivity contribution in [2.45, 2.75) is 50.1 Å². The molecule has 0 bridgehead atoms. The first-order valence-corrected chi connectivity index (χ1v) is 13.3. The standard InChI is InChI=1S/C30H29FN2O2S/c1-20-8-2-5-11-25(20)32-29(34)22-16-14-21(15-17-22)18-28-30(35)33(19-23-9-3-4-10-24(23)31)26-12-6-7-13-27(26)36-28/h3-4,6-7,9-10,12-18,20,25H,2,5,8,11,19H2,1H3,(H,32,34)/b28-18-/t20-,25-/m1/s1. The SMILES string of the molecule is C[C@@H]1CCCC[C@H]1NC(=O)c1ccc(/C=C2\Sc3ccccc3N(Cc3ccccc3F)C2=O)cc1. The van der Waals surface area contributed by atoms with Gasteiger partial charge in [-0.05, 0) is 60.7 Å². The van der Waals surface area contributed by atoms with Crippen LogP contribution in [0, 0.1) is 11.7 Å². The molecule has 1 fully saturated rings. The van der Waals surface area contributed by atoms with Crippen molar-refractivity contribution in [3.63, 3.8) is 0 Å². The van der Waals surface area contributed by atoms with Gasteiger partial charge in [-0.15, -0.1) is 0 Å². The van der Waals surface area contributed by atoms with E-state index < -0.39 is 0 Å². The fourth-order valence-corrected chi connectivity index (χ4v) is 5.94. The molecule has 1 N–H and O–H groups in total. The van der Waals surface area contributed by atoms with Crippen LogP contribution in [0.25, 0.3) is 6.08 Å². The molecular formula is C30H29FN2O2S. The third-order valence-corrected chi connectivity index (χ3v) is 8.09. The zero-order valence-electron chi connectivity index (χ0n) is 20.2. The molecule has 5 rings (SSSR count). The average molecular weight is 501 g/mol. The number of anilines is 1. The van der Waals surface area contributed by atoms with Gasteiger partial charge in [0.2, 0.25) is 0 Å². The number of nitrogens with one attached hydrogen (secondary N) is 1. The monoisotopic (exact) mass is 500 g/mol. The van der Waals surface area contributed by atoms with E-state index in [-0.39, 0.29) is 30.2 Å². The molecule has 0 spiro atoms. The van der Waals surface area contributed by atoms with Gasteiger partial charge in [-0.2, -0.15) is 0 Å². The maximum absolute atomic E-state index is 14.4. The fourth-order valence-electron chi connectivity index (χ4n) is 4.88. The molecule has 0 saturated heterocycles. The van der Waals surface area contributed by atoms with Crippen LogP contribution in [0.3, 0.4) is 0 Å². The average Bonchev–Trinajstić information content (AvgIpc) is 2.89. The molecule has 2 aliphatic rings. The van der Waals surface area contributed by atoms with Crippen LogP contribution in [0.5, 0.6) is 0 Å². The minimum atomic E-state index is -0.331. The van der Waals surface area contributed by atoms with Crippen molar-refractivity contribution in [2.24, 2.45) is 5.92 Å². The quantitative estimate of drug-likeness (QED) is 0.391. The summed E-state index contributed by atoms with van der Waals surface area (Å²) in [6.45, 7) is 2.35. The molecule has 0 radical (unpaired) electrons. The smallest absolute Gasteiger partial charge is 0.265 e. The zero-order chi connectivity index (χ0) is 25.1. The summed E-state index contributed by atoms with van der Waals surface area (Å²) in [4.78, 5) is 29.4. The number of fused-ring (bicyclic) bond motifs is 1. The molecule has 0 unspecified atom stereocenters. The normalized spacial score (nSPS) is 20.8. The summed E-state index contributed by atoms with van der Waals surface area (Å²) in [5.74, 6) is -0.0598. The van der Waals surface area contributed by atoms with Gasteiger partial charge >= 0.3 is 0 Å². The summed E-state index contributed by atoms with van der Waals surface area (Å²) in [5.41, 5.74) is 2.69. The van der Waals surface area contributed by atoms with Gasteiger partial charge in [0, 0.05) is 22.1 Å². The van der Waals surface area contributed by atoms with Crippen LogP contribution in [0.4, 0.5) is 10.1 Å². The van der Waals surface area contributed by atoms with Crippen molar-refractivity contribution in [1.82, 2.24) is 5.32 Å². The van der Waals surface area contributed by atoms with E-state index in [4.69, 9.17) is 0 Å². The first kappa shape index (κ1) is 24.3. The number of nitrogens with zero attached hydrogens (tertiary/aromatic N) is 1. The van der Waals surface area contributed by atoms with Gasteiger partial charge in [0.1, 0.15) is 5.82 Å². The minimum Gasteiger partial charge on any atom is -0.349 e. The summed E-state index contributed by atoms with van der Waals surface area (Å²) in [6.07, 6.45) is 6.41. The lowest BCUT2D eigenvalue weighted by atomic mass is 9.86. The second kappa shape index (κ2) is 10.7. The molecule has 3 aromatic rings. The molecule has 6 heteroatoms. The van der Waals surface area contributed by atoms with Crippen LogP contribution in [0.2, 0.25) is 0 Å². The predicted octanol–water partition coefficient (Wildman–Crippen LogP) is 6.81. The Morgan fingerprint density at radius 3 is 2.53 bits per heavy atom. The molecule has 4 nitrogen and oxygen atoms in total. The number of carbonyl (C=O) groups excluding carboxylic acids is 2. The Morgan fingerprint density at radius 2 is 1.75 bits per heavy atom. The van der Waals surface area contributed by atoms with E-state index >= 15 is 0 Å². The van der Waals surface area contributed by atoms with Gasteiger partial charge in [-0.1, -0.05) is 74.0 Å². The second-order valence-corrected chi connectivity index (χ2v) is 10.6. The molecular weight excluding hydrogens is 471 g/mol. The Bertz CT molecular complexity index is 1300. The molecule has 2 amide bonds. The van der Waals surface area contributed by atoms with Crippen molar-refractivity contribution in [3.05, 3.63) is 100 Å². The highest BCUT2D eigenvalue weighted by atomic mass is 32.2. The van der Waals surface area contributed by atoms with E-state index in [9.17, 15) is 14.0 Å². The Morgan fingerprint density at radius 1 is 1.03 bits per heavy atom. The van der Waals surface area contributed by atoms with Crippen molar-refractivity contribution < 1.29 is 14.0 Å². The van der Waals surface area contributed by atoms with Gasteiger partial charge in [0.05, 0.1) is 17.1 Å². The number of halogens is 1. The summed E-state index contributed by atoms with van der Waals surface area (Å²) in [7, 11) is 0. The maximum Gasteiger partial charge on any atom is 0.265 e. The summed E-state index contributed by atoms with van der Waals surface area (Å²) < 4.78 is 14.4. The van der Waals surface area contributed by atoms with Crippen molar-refractivity contribution >= 4 is 35.3 Å². The minimum absolute atomic E-state index is 0.0546. The highest BCUT2D eigenvalue weighted by Gasteiger charge is 2.29. The van der Waals surface area contributed by atoms with Crippen LogP contribution >= 0.6 is 11.8 Å². The molecule has 1 saturated carbocycles. The largest absolute Gasteiger partial charge is 0.349 e. The predicted molar refractivity (Wildman–Crippen MR) is 143 cm³/mol. The highest BCUT2D eigenvalue weighted by molar-refractivity contribution is 8.04. The Balaban J connectivity index is 1.36. The molecule has 1 aliphatic heterocycles. The van der Waals surface area contributed by atoms with E-state index in [1.54, 1.807) is 35.2 Å². The van der Waals surface area contributed by atoms with Crippen molar-refractivity contribution in [1.29, 1.82) is 0 Å². The lowest BCUT2D eigenvalue weighted by Crippen LogP contribution is -2.41. The Labute approximate surface area is 215 Å². The highest BCUT2D eigenvalue weighted by Crippen LogP contribution is 2.42. The molecule has 0 aromatic heterocycles. The van der Waals surface area contributed by atoms with E-state index in [1.165, 1.54) is 24.2 Å². The zero-order valence-corrected chi connectivity index (χ0v) is 21.1. The topological polar surface area (TPSA) is 49.4 Å². The summed E-state index contributed by atoms with van der Waals surface area (Å²) in [5, 5.41) is 3.19. The third-order valence-electron chi connectivity index (χ3n) is 7.02. The van der Waals surface area contributed by atoms with Crippen LogP contribution in [0.1, 0.15) is 54.1 Å². The molecule has 36 heavy (non-hydrogen) atoms. The summed E-state index contributed by atoms with van der Waals surface area (Å²) >= 11 is 1.41. The number of hydrogen-bond donors (Lipinski definition) is 1. The van der Waals surface area contributed by atoms with E-state index in [2.05, 4.69) is 12.2 Å². The van der Waals surface area contributed by atoms with Crippen molar-refractivity contribution in [2.75, 3.05) is 4.90 Å². The van der Waals surface area contributed by atoms with Gasteiger partial charge in [-0.25, -0.2) is 4.39 Å². The number of amides is 2. The third kappa shape index (κ3) is 5.24. The number of carbonyl (C=O) groups is 2. The lowest BCUT2D eigenvalue weighted by Gasteiger charge is -2.30. The Kier molecular flexibility index (Phi) is 7.23. The number of para-hydroxylation sites is 1. The maximum atomic E-state index is 14.4. The number of thioether (sulfide) groups is 1. The van der Waals surface area contributed by atoms with Gasteiger partial charge in [-0.3, -0.25) is 9.59 Å². The molecule has 1 heterocycles. The fraction of sp³-hybridized carbons (Fsp3) is 0.267. The number of hydrogen-bond acceptors (Lipinski definition) is 3. The van der Waals surface area contributed by atoms with Crippen molar-refractivity contribution in [3.8, 4) is 0 Å². The van der Waals surface area contributed by atoms with Crippen LogP contribution in [0.15, 0.2) is 82.6 Å². The lowest BCUT2D eigenvalue weighted by molar-refractivity contribution is -0.114. The molecule has 2 atom stereocenters. The van der Waals surface area contributed by atoms with Crippen LogP contribution in [-0.2, 0) is 11.3 Å². The first-order valence-electron chi connectivity index (χ1n) is 12.4. The van der Waals surface area contributed by atoms with Crippen LogP contribution < -0.4 is 10.2 Å². The second-order valence-electron chi connectivity index (χ2n) is 9.52. The Hall–Kier alpha value is -3.38. The number of rotatable bonds is 5. The van der Waals surface area contributed by atoms with Gasteiger partial charge in [0.25, 0.3) is 11.8 Å². The molecule has 3 aromatic carbocycles. The summed E-state index contributed by atoms with van der Waals surface area (Å²) in [6, 6.07) is 21.8. The van der Waals surface area contributed by atoms with E-state index in [1.807, 2.05) is 42.5 Å². The van der Waals surface area contributed by atoms with E-state index in [0.717, 1.165) is 35.4 Å². The van der Waals surface area contributed by atoms with E-state index in [0.29, 0.717) is 21.9 Å².